The SMILES string of the molecule is COc1ccc(C)cc1-n1nc(CCN)cc1C1CC1. The molecular formula is C16H21N3O. The summed E-state index contributed by atoms with van der Waals surface area (Å²) in [6.45, 7) is 2.72. The van der Waals surface area contributed by atoms with Gasteiger partial charge in [0.1, 0.15) is 11.4 Å². The van der Waals surface area contributed by atoms with Gasteiger partial charge in [-0.25, -0.2) is 4.68 Å². The van der Waals surface area contributed by atoms with Gasteiger partial charge in [0.15, 0.2) is 0 Å². The fourth-order valence-electron chi connectivity index (χ4n) is 2.55. The predicted octanol–water partition coefficient (Wildman–Crippen LogP) is 2.57. The third-order valence-corrected chi connectivity index (χ3v) is 3.75. The fourth-order valence-corrected chi connectivity index (χ4v) is 2.55. The van der Waals surface area contributed by atoms with Gasteiger partial charge in [-0.05, 0) is 50.1 Å². The highest BCUT2D eigenvalue weighted by Gasteiger charge is 2.29. The van der Waals surface area contributed by atoms with E-state index in [4.69, 9.17) is 15.6 Å². The number of ether oxygens (including phenoxy) is 1. The maximum atomic E-state index is 5.66. The van der Waals surface area contributed by atoms with Crippen molar-refractivity contribution in [1.82, 2.24) is 9.78 Å². The molecule has 0 radical (unpaired) electrons. The van der Waals surface area contributed by atoms with Crippen LogP contribution in [0.4, 0.5) is 0 Å². The third kappa shape index (κ3) is 2.43. The summed E-state index contributed by atoms with van der Waals surface area (Å²) in [5.41, 5.74) is 10.2. The van der Waals surface area contributed by atoms with Gasteiger partial charge < -0.3 is 10.5 Å². The average Bonchev–Trinajstić information content (AvgIpc) is 3.20. The number of nitrogens with zero attached hydrogens (tertiary/aromatic N) is 2. The Morgan fingerprint density at radius 3 is 2.80 bits per heavy atom. The zero-order valence-electron chi connectivity index (χ0n) is 12.1. The quantitative estimate of drug-likeness (QED) is 0.909. The topological polar surface area (TPSA) is 53.1 Å². The summed E-state index contributed by atoms with van der Waals surface area (Å²) in [7, 11) is 1.70. The van der Waals surface area contributed by atoms with Crippen LogP contribution in [-0.2, 0) is 6.42 Å². The molecule has 0 saturated heterocycles. The normalized spacial score (nSPS) is 14.6. The Bertz CT molecular complexity index is 614. The van der Waals surface area contributed by atoms with Crippen molar-refractivity contribution in [2.75, 3.05) is 13.7 Å². The van der Waals surface area contributed by atoms with Crippen LogP contribution in [0.5, 0.6) is 5.75 Å². The van der Waals surface area contributed by atoms with Gasteiger partial charge in [-0.15, -0.1) is 0 Å². The Labute approximate surface area is 119 Å². The van der Waals surface area contributed by atoms with E-state index >= 15 is 0 Å². The number of methoxy groups -OCH3 is 1. The number of hydrogen-bond acceptors (Lipinski definition) is 3. The van der Waals surface area contributed by atoms with Gasteiger partial charge in [0.25, 0.3) is 0 Å². The zero-order valence-corrected chi connectivity index (χ0v) is 12.1. The predicted molar refractivity (Wildman–Crippen MR) is 79.6 cm³/mol. The smallest absolute Gasteiger partial charge is 0.144 e. The second-order valence-electron chi connectivity index (χ2n) is 5.46. The Morgan fingerprint density at radius 1 is 1.35 bits per heavy atom. The van der Waals surface area contributed by atoms with Gasteiger partial charge in [0, 0.05) is 18.0 Å². The third-order valence-electron chi connectivity index (χ3n) is 3.75. The van der Waals surface area contributed by atoms with Crippen molar-refractivity contribution in [3.05, 3.63) is 41.2 Å². The van der Waals surface area contributed by atoms with Gasteiger partial charge in [-0.3, -0.25) is 0 Å². The Morgan fingerprint density at radius 2 is 2.15 bits per heavy atom. The second kappa shape index (κ2) is 5.29. The lowest BCUT2D eigenvalue weighted by Crippen LogP contribution is -2.06. The first-order chi connectivity index (χ1) is 9.72. The van der Waals surface area contributed by atoms with Gasteiger partial charge in [0.2, 0.25) is 0 Å². The van der Waals surface area contributed by atoms with Gasteiger partial charge in [-0.1, -0.05) is 6.07 Å². The minimum absolute atomic E-state index is 0.631. The lowest BCUT2D eigenvalue weighted by molar-refractivity contribution is 0.411. The first kappa shape index (κ1) is 13.2. The number of nitrogens with two attached hydrogens (primary N) is 1. The van der Waals surface area contributed by atoms with E-state index in [9.17, 15) is 0 Å². The average molecular weight is 271 g/mol. The Kier molecular flexibility index (Phi) is 3.49. The molecule has 106 valence electrons. The molecular weight excluding hydrogens is 250 g/mol. The Hall–Kier alpha value is -1.81. The van der Waals surface area contributed by atoms with Crippen molar-refractivity contribution in [2.24, 2.45) is 5.73 Å². The molecule has 1 aromatic carbocycles. The summed E-state index contributed by atoms with van der Waals surface area (Å²) >= 11 is 0. The molecule has 4 heteroatoms. The summed E-state index contributed by atoms with van der Waals surface area (Å²) in [6.07, 6.45) is 3.32. The van der Waals surface area contributed by atoms with Crippen LogP contribution in [0.1, 0.15) is 35.7 Å². The molecule has 2 N–H and O–H groups in total. The summed E-state index contributed by atoms with van der Waals surface area (Å²) in [4.78, 5) is 0. The summed E-state index contributed by atoms with van der Waals surface area (Å²) < 4.78 is 7.54. The second-order valence-corrected chi connectivity index (χ2v) is 5.46. The molecule has 0 unspecified atom stereocenters. The molecule has 2 aromatic rings. The highest BCUT2D eigenvalue weighted by molar-refractivity contribution is 5.50. The molecule has 4 nitrogen and oxygen atoms in total. The molecule has 0 bridgehead atoms. The van der Waals surface area contributed by atoms with Crippen molar-refractivity contribution in [3.63, 3.8) is 0 Å². The van der Waals surface area contributed by atoms with Gasteiger partial charge >= 0.3 is 0 Å². The molecule has 1 aliphatic rings. The number of rotatable bonds is 5. The highest BCUT2D eigenvalue weighted by atomic mass is 16.5. The van der Waals surface area contributed by atoms with E-state index in [0.717, 1.165) is 23.6 Å². The summed E-state index contributed by atoms with van der Waals surface area (Å²) in [5.74, 6) is 1.50. The molecule has 0 atom stereocenters. The molecule has 1 heterocycles. The molecule has 1 fully saturated rings. The van der Waals surface area contributed by atoms with E-state index in [1.54, 1.807) is 7.11 Å². The number of hydrogen-bond donors (Lipinski definition) is 1. The molecule has 1 aromatic heterocycles. The van der Waals surface area contributed by atoms with Crippen LogP contribution in [0.3, 0.4) is 0 Å². The molecule has 0 aliphatic heterocycles. The van der Waals surface area contributed by atoms with Crippen LogP contribution in [0, 0.1) is 6.92 Å². The summed E-state index contributed by atoms with van der Waals surface area (Å²) in [5, 5.41) is 4.74. The first-order valence-corrected chi connectivity index (χ1v) is 7.17. The molecule has 1 saturated carbocycles. The lowest BCUT2D eigenvalue weighted by atomic mass is 10.2. The molecule has 0 spiro atoms. The summed E-state index contributed by atoms with van der Waals surface area (Å²) in [6, 6.07) is 8.39. The minimum atomic E-state index is 0.631. The largest absolute Gasteiger partial charge is 0.494 e. The van der Waals surface area contributed by atoms with Crippen LogP contribution >= 0.6 is 0 Å². The molecule has 0 amide bonds. The minimum Gasteiger partial charge on any atom is -0.494 e. The van der Waals surface area contributed by atoms with E-state index in [0.29, 0.717) is 12.5 Å². The van der Waals surface area contributed by atoms with Crippen molar-refractivity contribution in [2.45, 2.75) is 32.1 Å². The van der Waals surface area contributed by atoms with E-state index < -0.39 is 0 Å². The molecule has 1 aliphatic carbocycles. The van der Waals surface area contributed by atoms with Crippen LogP contribution < -0.4 is 10.5 Å². The van der Waals surface area contributed by atoms with E-state index in [1.165, 1.54) is 24.1 Å². The standard InChI is InChI=1S/C16H21N3O/c1-11-3-6-16(20-2)15(9-11)19-14(12-4-5-12)10-13(18-19)7-8-17/h3,6,9-10,12H,4-5,7-8,17H2,1-2H3. The maximum absolute atomic E-state index is 5.66. The van der Waals surface area contributed by atoms with Crippen molar-refractivity contribution >= 4 is 0 Å². The number of benzene rings is 1. The number of aryl methyl sites for hydroxylation is 1. The fraction of sp³-hybridized carbons (Fsp3) is 0.438. The van der Waals surface area contributed by atoms with Gasteiger partial charge in [-0.2, -0.15) is 5.10 Å². The van der Waals surface area contributed by atoms with E-state index in [2.05, 4.69) is 29.8 Å². The van der Waals surface area contributed by atoms with Gasteiger partial charge in [0.05, 0.1) is 12.8 Å². The van der Waals surface area contributed by atoms with Crippen LogP contribution in [0.15, 0.2) is 24.3 Å². The van der Waals surface area contributed by atoms with Crippen molar-refractivity contribution in [1.29, 1.82) is 0 Å². The zero-order chi connectivity index (χ0) is 14.1. The van der Waals surface area contributed by atoms with Crippen molar-refractivity contribution in [3.8, 4) is 11.4 Å². The van der Waals surface area contributed by atoms with Crippen LogP contribution in [0.25, 0.3) is 5.69 Å². The highest BCUT2D eigenvalue weighted by Crippen LogP contribution is 2.42. The van der Waals surface area contributed by atoms with Crippen molar-refractivity contribution < 1.29 is 4.74 Å². The molecule has 20 heavy (non-hydrogen) atoms. The lowest BCUT2D eigenvalue weighted by Gasteiger charge is -2.12. The van der Waals surface area contributed by atoms with E-state index in [-0.39, 0.29) is 0 Å². The van der Waals surface area contributed by atoms with E-state index in [1.807, 2.05) is 6.07 Å². The maximum Gasteiger partial charge on any atom is 0.144 e. The van der Waals surface area contributed by atoms with Crippen LogP contribution in [-0.4, -0.2) is 23.4 Å². The first-order valence-electron chi connectivity index (χ1n) is 7.17. The Balaban J connectivity index is 2.10. The van der Waals surface area contributed by atoms with Crippen LogP contribution in [0.2, 0.25) is 0 Å². The molecule has 3 rings (SSSR count). The monoisotopic (exact) mass is 271 g/mol. The number of aromatic nitrogens is 2.